The summed E-state index contributed by atoms with van der Waals surface area (Å²) in [5.74, 6) is -2.73. The van der Waals surface area contributed by atoms with Crippen LogP contribution in [0.4, 0.5) is 0 Å². The summed E-state index contributed by atoms with van der Waals surface area (Å²) in [6.45, 7) is -1.41. The van der Waals surface area contributed by atoms with E-state index in [1.165, 1.54) is 6.92 Å². The van der Waals surface area contributed by atoms with E-state index in [1.807, 2.05) is 0 Å². The molecule has 19 N–H and O–H groups in total. The van der Waals surface area contributed by atoms with Crippen molar-refractivity contribution in [2.75, 3.05) is 33.0 Å². The van der Waals surface area contributed by atoms with E-state index in [0.29, 0.717) is 0 Å². The lowest BCUT2D eigenvalue weighted by Gasteiger charge is -2.50. The van der Waals surface area contributed by atoms with E-state index >= 15 is 0 Å². The average molecular weight is 1260 g/mol. The molecular formula is C42H71N3O36S2. The first-order valence-electron chi connectivity index (χ1n) is 25.3. The van der Waals surface area contributed by atoms with Crippen LogP contribution in [0.25, 0.3) is 0 Å². The van der Waals surface area contributed by atoms with Crippen LogP contribution in [0, 0.1) is 0 Å². The number of rotatable bonds is 22. The van der Waals surface area contributed by atoms with E-state index in [9.17, 15) is 112 Å². The minimum absolute atomic E-state index is 0.883. The van der Waals surface area contributed by atoms with Crippen molar-refractivity contribution in [3.8, 4) is 0 Å². The maximum absolute atomic E-state index is 12.7. The molecule has 0 aromatic heterocycles. The van der Waals surface area contributed by atoms with Crippen LogP contribution in [0.3, 0.4) is 0 Å². The normalized spacial score (nSPS) is 45.5. The van der Waals surface area contributed by atoms with Gasteiger partial charge in [-0.1, -0.05) is 0 Å². The number of hydrogen-bond donors (Lipinski definition) is 19. The number of carbonyl (C=O) groups is 3. The molecule has 0 saturated carbocycles. The number of nitrogens with one attached hydrogen (secondary N) is 3. The summed E-state index contributed by atoms with van der Waals surface area (Å²) in [4.78, 5) is 37.8. The molecular weight excluding hydrogens is 1190 g/mol. The van der Waals surface area contributed by atoms with Gasteiger partial charge < -0.3 is 140 Å². The number of hydrogen-bond acceptors (Lipinski definition) is 34. The van der Waals surface area contributed by atoms with Crippen LogP contribution in [0.5, 0.6) is 0 Å². The molecule has 3 amide bonds. The van der Waals surface area contributed by atoms with Crippen molar-refractivity contribution in [3.63, 3.8) is 0 Å². The molecule has 6 aliphatic heterocycles. The molecule has 39 nitrogen and oxygen atoms in total. The molecule has 6 fully saturated rings. The van der Waals surface area contributed by atoms with Gasteiger partial charge in [-0.25, -0.2) is 8.37 Å². The van der Waals surface area contributed by atoms with Crippen molar-refractivity contribution in [3.05, 3.63) is 0 Å². The van der Waals surface area contributed by atoms with Gasteiger partial charge in [0.1, 0.15) is 140 Å². The zero-order valence-corrected chi connectivity index (χ0v) is 45.6. The summed E-state index contributed by atoms with van der Waals surface area (Å²) < 4.78 is 138. The SMILES string of the molecule is CC(=O)N[C@@H]1[C@@H](O[C@@H]2O[C@H](CO)[C@@H](O[C@@H]3O[C@H](CO)[C@H](O)[C@H](OS(=O)(=O)O)[C@H]3O)[C@H](O)[C@H]2NC(C)=O)[C@@H](O)[C@@H](CO[C@@H]2O[C@H](COS(=O)(=O)O)[C@@H](O[C@@H]3O[C@H](CO)[C@H](O)[C@H](O)[C@H]3O[C@@H]3O[C@@H](C)[C@@H](O)[C@@H](O)[C@@H]3O)[C@H](O)[C@H]2NC(C)=O)O[C@@H]1O. The first-order valence-corrected chi connectivity index (χ1v) is 28.0. The summed E-state index contributed by atoms with van der Waals surface area (Å²) in [6.07, 6.45) is -54.0. The van der Waals surface area contributed by atoms with Gasteiger partial charge in [0.05, 0.1) is 39.1 Å². The third kappa shape index (κ3) is 16.9. The van der Waals surface area contributed by atoms with Crippen LogP contribution in [0.15, 0.2) is 0 Å². The Morgan fingerprint density at radius 1 is 0.410 bits per heavy atom. The average Bonchev–Trinajstić information content (AvgIpc) is 2.58. The van der Waals surface area contributed by atoms with Gasteiger partial charge in [-0.15, -0.1) is 0 Å². The summed E-state index contributed by atoms with van der Waals surface area (Å²) in [5.41, 5.74) is 0. The van der Waals surface area contributed by atoms with Crippen LogP contribution in [-0.2, 0) is 95.7 Å². The van der Waals surface area contributed by atoms with Crippen LogP contribution in [0.1, 0.15) is 27.7 Å². The zero-order valence-electron chi connectivity index (χ0n) is 44.0. The Morgan fingerprint density at radius 3 is 1.42 bits per heavy atom. The zero-order chi connectivity index (χ0) is 61.9. The Labute approximate surface area is 470 Å². The van der Waals surface area contributed by atoms with Crippen LogP contribution >= 0.6 is 0 Å². The lowest BCUT2D eigenvalue weighted by atomic mass is 9.93. The molecule has 6 aliphatic rings. The van der Waals surface area contributed by atoms with Crippen molar-refractivity contribution < 1.29 is 172 Å². The lowest BCUT2D eigenvalue weighted by molar-refractivity contribution is -0.383. The summed E-state index contributed by atoms with van der Waals surface area (Å²) in [6, 6.07) is -5.56. The van der Waals surface area contributed by atoms with Crippen LogP contribution in [-0.4, -0.2) is 332 Å². The quantitative estimate of drug-likeness (QED) is 0.0448. The highest BCUT2D eigenvalue weighted by atomic mass is 32.3. The Morgan fingerprint density at radius 2 is 0.867 bits per heavy atom. The van der Waals surface area contributed by atoms with Gasteiger partial charge in [0, 0.05) is 20.8 Å². The maximum Gasteiger partial charge on any atom is 0.397 e. The van der Waals surface area contributed by atoms with Gasteiger partial charge in [-0.2, -0.15) is 16.8 Å². The Kier molecular flexibility index (Phi) is 24.2. The minimum Gasteiger partial charge on any atom is -0.394 e. The Hall–Kier alpha value is -2.85. The number of carbonyl (C=O) groups excluding carboxylic acids is 3. The fourth-order valence-electron chi connectivity index (χ4n) is 9.93. The van der Waals surface area contributed by atoms with Crippen LogP contribution < -0.4 is 16.0 Å². The third-order valence-corrected chi connectivity index (χ3v) is 14.9. The number of ether oxygens (including phenoxy) is 11. The maximum atomic E-state index is 12.7. The van der Waals surface area contributed by atoms with E-state index in [4.69, 9.17) is 52.1 Å². The topological polar surface area (TPSA) is 599 Å². The first kappa shape index (κ1) is 69.3. The third-order valence-electron chi connectivity index (χ3n) is 14.0. The highest BCUT2D eigenvalue weighted by Crippen LogP contribution is 2.37. The monoisotopic (exact) mass is 1260 g/mol. The molecule has 6 saturated heterocycles. The fourth-order valence-corrected chi connectivity index (χ4v) is 10.7. The molecule has 6 heterocycles. The van der Waals surface area contributed by atoms with Gasteiger partial charge >= 0.3 is 20.8 Å². The second kappa shape index (κ2) is 29.0. The molecule has 0 aliphatic carbocycles. The minimum atomic E-state index is -5.40. The second-order valence-corrected chi connectivity index (χ2v) is 22.2. The predicted molar refractivity (Wildman–Crippen MR) is 253 cm³/mol. The highest BCUT2D eigenvalue weighted by Gasteiger charge is 2.58. The Bertz CT molecular complexity index is 2370. The molecule has 0 aromatic rings. The van der Waals surface area contributed by atoms with E-state index in [0.717, 1.165) is 20.8 Å². The summed E-state index contributed by atoms with van der Waals surface area (Å²) >= 11 is 0. The number of amides is 3. The largest absolute Gasteiger partial charge is 0.397 e. The molecule has 0 bridgehead atoms. The molecule has 0 radical (unpaired) electrons. The molecule has 6 rings (SSSR count). The number of aliphatic hydroxyl groups excluding tert-OH is 14. The van der Waals surface area contributed by atoms with Crippen molar-refractivity contribution >= 4 is 38.5 Å². The molecule has 0 unspecified atom stereocenters. The molecule has 41 heteroatoms. The first-order chi connectivity index (χ1) is 38.7. The van der Waals surface area contributed by atoms with Crippen molar-refractivity contribution in [1.29, 1.82) is 0 Å². The highest BCUT2D eigenvalue weighted by molar-refractivity contribution is 7.81. The summed E-state index contributed by atoms with van der Waals surface area (Å²) in [7, 11) is -10.8. The molecule has 482 valence electrons. The predicted octanol–water partition coefficient (Wildman–Crippen LogP) is -13.0. The standard InChI is InChI=1S/C42H71N3O36S2/c1-10-22(52)28(58)30(60)40(71-10)80-36-29(59)23(53)14(5-46)74-42(36)78-33-18(9-70-82(63,64)65)76-38(19(26(33)56)43-11(2)49)69-8-17-25(55)34(21(37(62)72-17)45-13(4)51)79-39-20(44-12(3)50)27(57)32(16(7-48)75-39)77-41-31(61)35(81-83(66,67)68)24(54)15(6-47)73-41/h10,14-42,46-48,52-62H,5-9H2,1-4H3,(H,43,49)(H,44,50)(H,45,51)(H,63,64,65)(H,66,67,68)/t10-,14+,15+,16+,17+,18+,19+,20+,21+,22+,23-,24-,25-,26+,27+,28+,29-,30-,31+,32+,33+,34+,35-,36+,37-,38+,39-,40-,41-,42-/m0/s1. The molecule has 30 atom stereocenters. The van der Waals surface area contributed by atoms with E-state index in [1.54, 1.807) is 0 Å². The van der Waals surface area contributed by atoms with Crippen molar-refractivity contribution in [1.82, 2.24) is 16.0 Å². The second-order valence-electron chi connectivity index (χ2n) is 20.0. The fraction of sp³-hybridized carbons (Fsp3) is 0.929. The number of aliphatic hydroxyl groups is 14. The Balaban J connectivity index is 1.26. The van der Waals surface area contributed by atoms with Gasteiger partial charge in [0.15, 0.2) is 37.7 Å². The van der Waals surface area contributed by atoms with Gasteiger partial charge in [-0.3, -0.25) is 23.5 Å². The summed E-state index contributed by atoms with van der Waals surface area (Å²) in [5, 5.41) is 159. The molecule has 83 heavy (non-hydrogen) atoms. The van der Waals surface area contributed by atoms with Crippen molar-refractivity contribution in [2.45, 2.75) is 212 Å². The van der Waals surface area contributed by atoms with Gasteiger partial charge in [-0.05, 0) is 6.92 Å². The van der Waals surface area contributed by atoms with Gasteiger partial charge in [0.25, 0.3) is 0 Å². The smallest absolute Gasteiger partial charge is 0.394 e. The molecule has 0 spiro atoms. The van der Waals surface area contributed by atoms with E-state index in [-0.39, 0.29) is 0 Å². The van der Waals surface area contributed by atoms with Gasteiger partial charge in [0.2, 0.25) is 17.7 Å². The van der Waals surface area contributed by atoms with Crippen LogP contribution in [0.2, 0.25) is 0 Å². The van der Waals surface area contributed by atoms with Crippen molar-refractivity contribution in [2.24, 2.45) is 0 Å². The van der Waals surface area contributed by atoms with E-state index in [2.05, 4.69) is 24.3 Å². The van der Waals surface area contributed by atoms with E-state index < -0.39 is 256 Å². The molecule has 0 aromatic carbocycles. The lowest BCUT2D eigenvalue weighted by Crippen LogP contribution is -2.71.